The first-order chi connectivity index (χ1) is 24.1. The van der Waals surface area contributed by atoms with Gasteiger partial charge in [-0.05, 0) is 33.6 Å². The van der Waals surface area contributed by atoms with E-state index >= 15 is 0 Å². The van der Waals surface area contributed by atoms with Crippen LogP contribution in [0.5, 0.6) is 0 Å². The molecule has 1 radical (unpaired) electrons. The summed E-state index contributed by atoms with van der Waals surface area (Å²) in [4.78, 5) is 19.0. The Morgan fingerprint density at radius 1 is 0.615 bits per heavy atom. The number of hydrogen-bond donors (Lipinski definition) is 0. The predicted octanol–water partition coefficient (Wildman–Crippen LogP) is 10.9. The topological polar surface area (TPSA) is 64.7 Å². The average Bonchev–Trinajstić information content (AvgIpc) is 3.50. The molecule has 7 rings (SSSR count). The van der Waals surface area contributed by atoms with Gasteiger partial charge in [0.25, 0.3) is 0 Å². The van der Waals surface area contributed by atoms with E-state index in [-0.39, 0.29) is 30.2 Å². The van der Waals surface area contributed by atoms with Gasteiger partial charge in [-0.1, -0.05) is 120 Å². The van der Waals surface area contributed by atoms with Crippen LogP contribution in [0.15, 0.2) is 114 Å². The van der Waals surface area contributed by atoms with Crippen molar-refractivity contribution >= 4 is 48.7 Å². The van der Waals surface area contributed by atoms with Gasteiger partial charge in [0.2, 0.25) is 0 Å². The van der Waals surface area contributed by atoms with Gasteiger partial charge < -0.3 is 14.4 Å². The minimum absolute atomic E-state index is 0. The van der Waals surface area contributed by atoms with E-state index in [1.165, 1.54) is 5.19 Å². The molecule has 0 fully saturated rings. The van der Waals surface area contributed by atoms with Crippen molar-refractivity contribution in [3.05, 3.63) is 122 Å². The van der Waals surface area contributed by atoms with Crippen LogP contribution in [0.4, 0.5) is 0 Å². The summed E-state index contributed by atoms with van der Waals surface area (Å²) in [5.41, 5.74) is 8.45. The van der Waals surface area contributed by atoms with Crippen LogP contribution in [0.3, 0.4) is 0 Å². The third-order valence-corrected chi connectivity index (χ3v) is 19.6. The van der Waals surface area contributed by atoms with Crippen molar-refractivity contribution in [2.24, 2.45) is 0 Å². The summed E-state index contributed by atoms with van der Waals surface area (Å²) in [5, 5.41) is 3.76. The van der Waals surface area contributed by atoms with Crippen LogP contribution >= 0.6 is 0 Å². The zero-order valence-electron chi connectivity index (χ0n) is 31.9. The van der Waals surface area contributed by atoms with Crippen molar-refractivity contribution in [2.75, 3.05) is 0 Å². The Morgan fingerprint density at radius 2 is 1.29 bits per heavy atom. The molecule has 3 aromatic carbocycles. The molecule has 8 heteroatoms. The second-order valence-electron chi connectivity index (χ2n) is 16.5. The average molecular weight is 897 g/mol. The molecular weight excluding hydrogens is 849 g/mol. The molecule has 0 bridgehead atoms. The monoisotopic (exact) mass is 897 g/mol. The van der Waals surface area contributed by atoms with Gasteiger partial charge in [0.05, 0.1) is 13.7 Å². The van der Waals surface area contributed by atoms with Crippen molar-refractivity contribution in [1.82, 2.24) is 19.9 Å². The molecule has 0 amide bonds. The maximum Gasteiger partial charge on any atom is 0.142 e. The second-order valence-corrected chi connectivity index (χ2v) is 27.2. The van der Waals surface area contributed by atoms with E-state index in [4.69, 9.17) is 19.4 Å². The fraction of sp³-hybridized carbons (Fsp3) is 0.273. The smallest absolute Gasteiger partial charge is 0.142 e. The summed E-state index contributed by atoms with van der Waals surface area (Å²) < 4.78 is 6.65. The minimum Gasteiger partial charge on any atom is -0.500 e. The maximum absolute atomic E-state index is 6.65. The number of benzene rings is 3. The molecule has 269 valence electrons. The van der Waals surface area contributed by atoms with E-state index in [1.54, 1.807) is 6.20 Å². The second kappa shape index (κ2) is 15.1. The first-order valence-corrected chi connectivity index (χ1v) is 23.6. The first-order valence-electron chi connectivity index (χ1n) is 17.6. The molecule has 0 saturated carbocycles. The van der Waals surface area contributed by atoms with Gasteiger partial charge in [0.15, 0.2) is 0 Å². The number of furan rings is 1. The van der Waals surface area contributed by atoms with Gasteiger partial charge in [-0.3, -0.25) is 0 Å². The van der Waals surface area contributed by atoms with E-state index in [0.717, 1.165) is 61.0 Å². The summed E-state index contributed by atoms with van der Waals surface area (Å²) in [6, 6.07) is 35.0. The Balaban J connectivity index is 0.000000339. The van der Waals surface area contributed by atoms with Crippen LogP contribution in [-0.4, -0.2) is 36.1 Å². The van der Waals surface area contributed by atoms with E-state index in [1.807, 2.05) is 67.1 Å². The molecule has 0 spiro atoms. The largest absolute Gasteiger partial charge is 0.500 e. The van der Waals surface area contributed by atoms with Crippen molar-refractivity contribution in [3.8, 4) is 33.6 Å². The van der Waals surface area contributed by atoms with Crippen molar-refractivity contribution in [3.63, 3.8) is 0 Å². The number of pyridine rings is 2. The van der Waals surface area contributed by atoms with E-state index < -0.39 is 16.1 Å². The van der Waals surface area contributed by atoms with Gasteiger partial charge in [0, 0.05) is 61.4 Å². The number of aromatic nitrogens is 4. The Labute approximate surface area is 324 Å². The minimum atomic E-state index is -2.05. The summed E-state index contributed by atoms with van der Waals surface area (Å²) in [7, 11) is -3.54. The molecule has 0 aliphatic carbocycles. The zero-order chi connectivity index (χ0) is 36.6. The Hall–Kier alpha value is -4.08. The van der Waals surface area contributed by atoms with Crippen LogP contribution in [0, 0.1) is 12.1 Å². The number of rotatable bonds is 5. The third-order valence-electron chi connectivity index (χ3n) is 10.4. The number of fused-ring (bicyclic) bond motifs is 3. The number of hydrogen-bond acceptors (Lipinski definition) is 5. The fourth-order valence-corrected chi connectivity index (χ4v) is 12.2. The SMILES string of the molecule is CC(C)(C)[Si](C)(c1ncc(-c2cccc3c2oc2c(-c4cc([Si](C)(C)C)ccn4)[c-]ccc23)cn1)C(C)(C)C.[Ir].[c-]1ccccc1-c1ccccn1. The van der Waals surface area contributed by atoms with Crippen LogP contribution in [0.25, 0.3) is 55.6 Å². The number of para-hydroxylation sites is 1. The molecule has 0 aliphatic heterocycles. The zero-order valence-corrected chi connectivity index (χ0v) is 36.3. The quantitative estimate of drug-likeness (QED) is 0.127. The molecule has 4 heterocycles. The Kier molecular flexibility index (Phi) is 11.4. The maximum atomic E-state index is 6.65. The number of nitrogens with zero attached hydrogens (tertiary/aromatic N) is 4. The molecule has 0 atom stereocenters. The summed E-state index contributed by atoms with van der Waals surface area (Å²) >= 11 is 0. The standard InChI is InChI=1S/C33H40N3OSi2.C11H8N.Ir/c1-32(2,3)39(10,33(4,5)6)31-35-20-22(21-36-31)24-13-11-14-25-26-15-12-16-27(30(26)37-29(24)25)28-19-23(17-18-34-28)38(7,8)9;1-2-6-10(7-3-1)11-8-4-5-9-12-11;/h11-15,17-21H,1-10H3;1-6,8-9H;/q2*-1;. The van der Waals surface area contributed by atoms with Crippen LogP contribution in [-0.2, 0) is 20.1 Å². The third kappa shape index (κ3) is 7.67. The molecule has 0 saturated heterocycles. The van der Waals surface area contributed by atoms with Crippen LogP contribution < -0.4 is 10.6 Å². The Morgan fingerprint density at radius 3 is 1.90 bits per heavy atom. The molecule has 4 aromatic heterocycles. The van der Waals surface area contributed by atoms with Crippen molar-refractivity contribution < 1.29 is 24.5 Å². The van der Waals surface area contributed by atoms with Crippen molar-refractivity contribution in [2.45, 2.75) is 77.8 Å². The van der Waals surface area contributed by atoms with Crippen LogP contribution in [0.1, 0.15) is 41.5 Å². The summed E-state index contributed by atoms with van der Waals surface area (Å²) in [5.74, 6) is 0. The molecule has 7 aromatic rings. The molecule has 0 N–H and O–H groups in total. The fourth-order valence-electron chi connectivity index (χ4n) is 6.81. The van der Waals surface area contributed by atoms with Gasteiger partial charge in [-0.25, -0.2) is 9.97 Å². The van der Waals surface area contributed by atoms with Gasteiger partial charge in [0.1, 0.15) is 19.1 Å². The molecule has 52 heavy (non-hydrogen) atoms. The van der Waals surface area contributed by atoms with Gasteiger partial charge in [-0.15, -0.1) is 54.1 Å². The summed E-state index contributed by atoms with van der Waals surface area (Å²) in [6.07, 6.45) is 7.67. The molecule has 0 unspecified atom stereocenters. The normalized spacial score (nSPS) is 12.3. The molecule has 5 nitrogen and oxygen atoms in total. The van der Waals surface area contributed by atoms with Crippen molar-refractivity contribution in [1.29, 1.82) is 0 Å². The molecule has 0 aliphatic rings. The van der Waals surface area contributed by atoms with Crippen LogP contribution in [0.2, 0.25) is 36.3 Å². The first kappa shape index (κ1) is 39.1. The van der Waals surface area contributed by atoms with E-state index in [0.29, 0.717) is 0 Å². The summed E-state index contributed by atoms with van der Waals surface area (Å²) in [6.45, 7) is 23.5. The predicted molar refractivity (Wildman–Crippen MR) is 219 cm³/mol. The Bertz CT molecular complexity index is 2220. The molecular formula is C44H48IrN4OSi2-2. The van der Waals surface area contributed by atoms with Gasteiger partial charge in [-0.2, -0.15) is 0 Å². The van der Waals surface area contributed by atoms with E-state index in [2.05, 4.69) is 121 Å². The van der Waals surface area contributed by atoms with E-state index in [9.17, 15) is 0 Å². The van der Waals surface area contributed by atoms with Gasteiger partial charge >= 0.3 is 0 Å².